The van der Waals surface area contributed by atoms with E-state index >= 15 is 0 Å². The van der Waals surface area contributed by atoms with Crippen LogP contribution in [0.5, 0.6) is 0 Å². The van der Waals surface area contributed by atoms with Crippen molar-refractivity contribution in [2.75, 3.05) is 13.1 Å². The van der Waals surface area contributed by atoms with E-state index in [-0.39, 0.29) is 11.9 Å². The second kappa shape index (κ2) is 4.97. The van der Waals surface area contributed by atoms with Gasteiger partial charge in [0, 0.05) is 6.54 Å². The minimum atomic E-state index is 0.0615. The second-order valence-corrected chi connectivity index (χ2v) is 5.07. The molecule has 0 aromatic heterocycles. The van der Waals surface area contributed by atoms with Gasteiger partial charge in [0.25, 0.3) is 0 Å². The molecule has 2 unspecified atom stereocenters. The van der Waals surface area contributed by atoms with Crippen LogP contribution in [0.1, 0.15) is 39.0 Å². The molecule has 0 bridgehead atoms. The minimum absolute atomic E-state index is 0.0615. The summed E-state index contributed by atoms with van der Waals surface area (Å²) in [5.74, 6) is 1.59. The third-order valence-electron chi connectivity index (χ3n) is 3.89. The van der Waals surface area contributed by atoms with Crippen LogP contribution >= 0.6 is 0 Å². The number of carbonyl (C=O) groups is 1. The van der Waals surface area contributed by atoms with Gasteiger partial charge in [0.2, 0.25) is 5.91 Å². The summed E-state index contributed by atoms with van der Waals surface area (Å²) < 4.78 is 0. The highest BCUT2D eigenvalue weighted by Crippen LogP contribution is 2.28. The van der Waals surface area contributed by atoms with Gasteiger partial charge in [-0.2, -0.15) is 0 Å². The van der Waals surface area contributed by atoms with E-state index in [9.17, 15) is 4.79 Å². The Kier molecular flexibility index (Phi) is 3.62. The monoisotopic (exact) mass is 210 g/mol. The summed E-state index contributed by atoms with van der Waals surface area (Å²) in [5, 5.41) is 6.31. The second-order valence-electron chi connectivity index (χ2n) is 5.07. The molecule has 15 heavy (non-hydrogen) atoms. The average Bonchev–Trinajstić information content (AvgIpc) is 2.55. The van der Waals surface area contributed by atoms with Crippen LogP contribution in [0.25, 0.3) is 0 Å². The smallest absolute Gasteiger partial charge is 0.237 e. The molecule has 1 saturated heterocycles. The first-order valence-corrected chi connectivity index (χ1v) is 6.28. The minimum Gasteiger partial charge on any atom is -0.355 e. The lowest BCUT2D eigenvalue weighted by Crippen LogP contribution is -2.43. The van der Waals surface area contributed by atoms with Crippen molar-refractivity contribution < 1.29 is 4.79 Å². The predicted octanol–water partition coefficient (Wildman–Crippen LogP) is 1.29. The molecular weight excluding hydrogens is 188 g/mol. The van der Waals surface area contributed by atoms with Gasteiger partial charge in [-0.1, -0.05) is 26.2 Å². The Balaban J connectivity index is 1.63. The van der Waals surface area contributed by atoms with E-state index in [1.54, 1.807) is 0 Å². The molecule has 2 fully saturated rings. The SMILES string of the molecule is CC1CCNC1C(=O)NCCC1CCC1. The first kappa shape index (κ1) is 10.9. The first-order chi connectivity index (χ1) is 7.27. The van der Waals surface area contributed by atoms with Gasteiger partial charge in [0.15, 0.2) is 0 Å². The number of nitrogens with one attached hydrogen (secondary N) is 2. The van der Waals surface area contributed by atoms with Crippen LogP contribution in [0.3, 0.4) is 0 Å². The van der Waals surface area contributed by atoms with Crippen LogP contribution in [0, 0.1) is 11.8 Å². The van der Waals surface area contributed by atoms with Crippen LogP contribution in [0.15, 0.2) is 0 Å². The highest BCUT2D eigenvalue weighted by Gasteiger charge is 2.29. The molecule has 1 aliphatic heterocycles. The van der Waals surface area contributed by atoms with E-state index in [1.807, 2.05) is 0 Å². The van der Waals surface area contributed by atoms with E-state index in [0.717, 1.165) is 25.4 Å². The van der Waals surface area contributed by atoms with Crippen molar-refractivity contribution >= 4 is 5.91 Å². The van der Waals surface area contributed by atoms with Gasteiger partial charge >= 0.3 is 0 Å². The lowest BCUT2D eigenvalue weighted by atomic mass is 9.83. The molecule has 2 N–H and O–H groups in total. The Morgan fingerprint density at radius 2 is 2.20 bits per heavy atom. The van der Waals surface area contributed by atoms with E-state index in [2.05, 4.69) is 17.6 Å². The summed E-state index contributed by atoms with van der Waals surface area (Å²) >= 11 is 0. The molecule has 0 spiro atoms. The Hall–Kier alpha value is -0.570. The fourth-order valence-electron chi connectivity index (χ4n) is 2.48. The fraction of sp³-hybridized carbons (Fsp3) is 0.917. The van der Waals surface area contributed by atoms with Crippen molar-refractivity contribution in [1.29, 1.82) is 0 Å². The molecule has 3 heteroatoms. The van der Waals surface area contributed by atoms with Gasteiger partial charge in [-0.15, -0.1) is 0 Å². The Morgan fingerprint density at radius 1 is 1.40 bits per heavy atom. The van der Waals surface area contributed by atoms with Gasteiger partial charge in [-0.05, 0) is 31.2 Å². The standard InChI is InChI=1S/C12H22N2O/c1-9-5-7-13-11(9)12(15)14-8-6-10-3-2-4-10/h9-11,13H,2-8H2,1H3,(H,14,15). The van der Waals surface area contributed by atoms with Crippen LogP contribution < -0.4 is 10.6 Å². The predicted molar refractivity (Wildman–Crippen MR) is 60.5 cm³/mol. The average molecular weight is 210 g/mol. The third kappa shape index (κ3) is 2.71. The summed E-state index contributed by atoms with van der Waals surface area (Å²) in [6, 6.07) is 0.0615. The van der Waals surface area contributed by atoms with Crippen LogP contribution in [-0.2, 0) is 4.79 Å². The van der Waals surface area contributed by atoms with Crippen molar-refractivity contribution in [1.82, 2.24) is 10.6 Å². The summed E-state index contributed by atoms with van der Waals surface area (Å²) in [4.78, 5) is 11.8. The van der Waals surface area contributed by atoms with Gasteiger partial charge < -0.3 is 10.6 Å². The molecule has 0 radical (unpaired) electrons. The number of hydrogen-bond acceptors (Lipinski definition) is 2. The molecule has 0 aromatic carbocycles. The molecular formula is C12H22N2O. The zero-order chi connectivity index (χ0) is 10.7. The number of hydrogen-bond donors (Lipinski definition) is 2. The lowest BCUT2D eigenvalue weighted by molar-refractivity contribution is -0.123. The van der Waals surface area contributed by atoms with Crippen LogP contribution in [0.2, 0.25) is 0 Å². The molecule has 1 aliphatic carbocycles. The van der Waals surface area contributed by atoms with Gasteiger partial charge in [-0.3, -0.25) is 4.79 Å². The van der Waals surface area contributed by atoms with Crippen molar-refractivity contribution in [3.8, 4) is 0 Å². The number of amides is 1. The van der Waals surface area contributed by atoms with Gasteiger partial charge in [0.05, 0.1) is 6.04 Å². The van der Waals surface area contributed by atoms with Crippen molar-refractivity contribution in [2.45, 2.75) is 45.1 Å². The summed E-state index contributed by atoms with van der Waals surface area (Å²) in [6.45, 7) is 4.01. The van der Waals surface area contributed by atoms with E-state index in [0.29, 0.717) is 5.92 Å². The number of carbonyl (C=O) groups excluding carboxylic acids is 1. The van der Waals surface area contributed by atoms with Crippen molar-refractivity contribution in [3.63, 3.8) is 0 Å². The highest BCUT2D eigenvalue weighted by atomic mass is 16.2. The topological polar surface area (TPSA) is 41.1 Å². The maximum atomic E-state index is 11.8. The molecule has 3 nitrogen and oxygen atoms in total. The molecule has 1 saturated carbocycles. The van der Waals surface area contributed by atoms with Gasteiger partial charge in [0.1, 0.15) is 0 Å². The molecule has 86 valence electrons. The highest BCUT2D eigenvalue weighted by molar-refractivity contribution is 5.82. The summed E-state index contributed by atoms with van der Waals surface area (Å²) in [6.07, 6.45) is 6.43. The Labute approximate surface area is 92.0 Å². The maximum Gasteiger partial charge on any atom is 0.237 e. The van der Waals surface area contributed by atoms with E-state index in [4.69, 9.17) is 0 Å². The van der Waals surface area contributed by atoms with Crippen molar-refractivity contribution in [2.24, 2.45) is 11.8 Å². The van der Waals surface area contributed by atoms with Crippen LogP contribution in [0.4, 0.5) is 0 Å². The molecule has 1 amide bonds. The zero-order valence-corrected chi connectivity index (χ0v) is 9.59. The summed E-state index contributed by atoms with van der Waals surface area (Å²) in [7, 11) is 0. The fourth-order valence-corrected chi connectivity index (χ4v) is 2.48. The normalized spacial score (nSPS) is 31.3. The van der Waals surface area contributed by atoms with Crippen molar-refractivity contribution in [3.05, 3.63) is 0 Å². The molecule has 2 atom stereocenters. The first-order valence-electron chi connectivity index (χ1n) is 6.28. The molecule has 2 rings (SSSR count). The largest absolute Gasteiger partial charge is 0.355 e. The molecule has 1 heterocycles. The zero-order valence-electron chi connectivity index (χ0n) is 9.59. The lowest BCUT2D eigenvalue weighted by Gasteiger charge is -2.25. The maximum absolute atomic E-state index is 11.8. The van der Waals surface area contributed by atoms with E-state index < -0.39 is 0 Å². The third-order valence-corrected chi connectivity index (χ3v) is 3.89. The van der Waals surface area contributed by atoms with Crippen LogP contribution in [-0.4, -0.2) is 25.0 Å². The molecule has 2 aliphatic rings. The Bertz CT molecular complexity index is 226. The Morgan fingerprint density at radius 3 is 2.73 bits per heavy atom. The molecule has 0 aromatic rings. The van der Waals surface area contributed by atoms with Gasteiger partial charge in [-0.25, -0.2) is 0 Å². The number of rotatable bonds is 4. The quantitative estimate of drug-likeness (QED) is 0.734. The summed E-state index contributed by atoms with van der Waals surface area (Å²) in [5.41, 5.74) is 0. The van der Waals surface area contributed by atoms with E-state index in [1.165, 1.54) is 25.7 Å².